The van der Waals surface area contributed by atoms with Crippen molar-refractivity contribution in [3.05, 3.63) is 126 Å². The maximum absolute atomic E-state index is 14.1. The van der Waals surface area contributed by atoms with Gasteiger partial charge in [-0.15, -0.1) is 11.8 Å². The van der Waals surface area contributed by atoms with Gasteiger partial charge in [-0.25, -0.2) is 4.98 Å². The molecule has 1 aromatic heterocycles. The molecule has 1 fully saturated rings. The molecule has 0 spiro atoms. The highest BCUT2D eigenvalue weighted by molar-refractivity contribution is 8.01. The molecule has 204 valence electrons. The fraction of sp³-hybridized carbons (Fsp3) is 0.273. The van der Waals surface area contributed by atoms with Gasteiger partial charge in [0.05, 0.1) is 21.9 Å². The van der Waals surface area contributed by atoms with Crippen LogP contribution in [0, 0.1) is 0 Å². The monoisotopic (exact) mass is 565 g/mol. The molecule has 40 heavy (non-hydrogen) atoms. The predicted molar refractivity (Wildman–Crippen MR) is 165 cm³/mol. The second-order valence-electron chi connectivity index (χ2n) is 11.8. The van der Waals surface area contributed by atoms with Gasteiger partial charge in [-0.05, 0) is 21.7 Å². The maximum atomic E-state index is 14.1. The highest BCUT2D eigenvalue weighted by Crippen LogP contribution is 2.53. The Balaban J connectivity index is 1.61. The van der Waals surface area contributed by atoms with Crippen molar-refractivity contribution in [2.45, 2.75) is 55.4 Å². The minimum atomic E-state index is -2.21. The molecule has 0 radical (unpaired) electrons. The van der Waals surface area contributed by atoms with E-state index in [4.69, 9.17) is 0 Å². The predicted octanol–water partition coefficient (Wildman–Crippen LogP) is 6.62. The number of rotatable bonds is 7. The number of β-lactam (4-membered cyclic amide) rings is 1. The van der Waals surface area contributed by atoms with Crippen molar-refractivity contribution in [3.63, 3.8) is 0 Å². The normalized spacial score (nSPS) is 16.0. The van der Waals surface area contributed by atoms with E-state index in [1.165, 1.54) is 4.90 Å². The van der Waals surface area contributed by atoms with E-state index in [1.54, 1.807) is 24.2 Å². The molecule has 7 heteroatoms. The molecule has 1 unspecified atom stereocenters. The minimum absolute atomic E-state index is 0.0474. The zero-order valence-electron chi connectivity index (χ0n) is 23.7. The SMILES string of the molecule is CC(C)(C)[Si](C)(C)c1nccnc1C(=O)N1C(=O)CC1SC(c1ccccc1)(c1ccccc1)c1ccccc1. The van der Waals surface area contributed by atoms with Crippen LogP contribution >= 0.6 is 11.8 Å². The minimum Gasteiger partial charge on any atom is -0.274 e. The molecule has 5 nitrogen and oxygen atoms in total. The van der Waals surface area contributed by atoms with Crippen LogP contribution in [0.4, 0.5) is 0 Å². The molecular weight excluding hydrogens is 531 g/mol. The van der Waals surface area contributed by atoms with Crippen LogP contribution in [-0.4, -0.2) is 40.1 Å². The van der Waals surface area contributed by atoms with Crippen molar-refractivity contribution in [1.82, 2.24) is 14.9 Å². The van der Waals surface area contributed by atoms with Crippen LogP contribution in [0.25, 0.3) is 0 Å². The third kappa shape index (κ3) is 4.82. The highest BCUT2D eigenvalue weighted by atomic mass is 32.2. The van der Waals surface area contributed by atoms with E-state index >= 15 is 0 Å². The van der Waals surface area contributed by atoms with Gasteiger partial charge in [0.1, 0.15) is 13.8 Å². The van der Waals surface area contributed by atoms with Gasteiger partial charge in [0, 0.05) is 12.4 Å². The van der Waals surface area contributed by atoms with Crippen LogP contribution in [0.5, 0.6) is 0 Å². The molecule has 1 aliphatic heterocycles. The number of hydrogen-bond donors (Lipinski definition) is 0. The smallest absolute Gasteiger partial charge is 0.274 e. The van der Waals surface area contributed by atoms with Crippen molar-refractivity contribution < 1.29 is 9.59 Å². The second kappa shape index (κ2) is 10.8. The second-order valence-corrected chi connectivity index (χ2v) is 18.4. The molecular formula is C33H35N3O2SSi. The van der Waals surface area contributed by atoms with Gasteiger partial charge in [0.25, 0.3) is 5.91 Å². The Morgan fingerprint density at radius 1 is 0.800 bits per heavy atom. The number of thioether (sulfide) groups is 1. The first kappa shape index (κ1) is 28.0. The number of amides is 2. The molecule has 2 amide bonds. The first-order valence-corrected chi connectivity index (χ1v) is 17.5. The number of aromatic nitrogens is 2. The molecule has 1 aliphatic rings. The molecule has 0 N–H and O–H groups in total. The lowest BCUT2D eigenvalue weighted by atomic mass is 9.84. The van der Waals surface area contributed by atoms with Gasteiger partial charge < -0.3 is 0 Å². The molecule has 0 aliphatic carbocycles. The lowest BCUT2D eigenvalue weighted by molar-refractivity contribution is -0.137. The summed E-state index contributed by atoms with van der Waals surface area (Å²) in [7, 11) is -2.21. The van der Waals surface area contributed by atoms with Crippen molar-refractivity contribution in [1.29, 1.82) is 0 Å². The lowest BCUT2D eigenvalue weighted by Crippen LogP contribution is -2.59. The third-order valence-electron chi connectivity index (χ3n) is 8.35. The Labute approximate surface area is 242 Å². The Bertz CT molecular complexity index is 1410. The number of nitrogens with zero attached hydrogens (tertiary/aromatic N) is 3. The van der Waals surface area contributed by atoms with Crippen molar-refractivity contribution >= 4 is 37.0 Å². The van der Waals surface area contributed by atoms with E-state index in [0.717, 1.165) is 22.0 Å². The molecule has 4 aromatic rings. The first-order chi connectivity index (χ1) is 19.1. The van der Waals surface area contributed by atoms with Crippen LogP contribution in [-0.2, 0) is 9.54 Å². The molecule has 5 rings (SSSR count). The van der Waals surface area contributed by atoms with Crippen LogP contribution in [0.2, 0.25) is 18.1 Å². The van der Waals surface area contributed by atoms with Crippen LogP contribution < -0.4 is 5.32 Å². The van der Waals surface area contributed by atoms with Crippen molar-refractivity contribution in [2.24, 2.45) is 0 Å². The summed E-state index contributed by atoms with van der Waals surface area (Å²) in [5, 5.41) is 0.333. The molecule has 3 aromatic carbocycles. The van der Waals surface area contributed by atoms with Gasteiger partial charge >= 0.3 is 0 Å². The summed E-state index contributed by atoms with van der Waals surface area (Å²) >= 11 is 1.64. The average molecular weight is 566 g/mol. The number of imide groups is 1. The van der Waals surface area contributed by atoms with Gasteiger partial charge in [-0.2, -0.15) is 0 Å². The summed E-state index contributed by atoms with van der Waals surface area (Å²) < 4.78 is -0.641. The highest BCUT2D eigenvalue weighted by Gasteiger charge is 2.50. The maximum Gasteiger partial charge on any atom is 0.281 e. The number of likely N-dealkylation sites (tertiary alicyclic amines) is 1. The summed E-state index contributed by atoms with van der Waals surface area (Å²) in [6.07, 6.45) is 3.49. The fourth-order valence-corrected chi connectivity index (χ4v) is 8.71. The number of benzene rings is 3. The Kier molecular flexibility index (Phi) is 7.55. The van der Waals surface area contributed by atoms with Crippen LogP contribution in [0.15, 0.2) is 103 Å². The Morgan fingerprint density at radius 2 is 1.25 bits per heavy atom. The zero-order valence-corrected chi connectivity index (χ0v) is 25.5. The first-order valence-electron chi connectivity index (χ1n) is 13.6. The summed E-state index contributed by atoms with van der Waals surface area (Å²) in [5.41, 5.74) is 3.57. The van der Waals surface area contributed by atoms with Crippen molar-refractivity contribution in [3.8, 4) is 0 Å². The largest absolute Gasteiger partial charge is 0.281 e. The topological polar surface area (TPSA) is 63.2 Å². The van der Waals surface area contributed by atoms with E-state index in [0.29, 0.717) is 5.69 Å². The lowest BCUT2D eigenvalue weighted by Gasteiger charge is -2.45. The van der Waals surface area contributed by atoms with E-state index in [9.17, 15) is 9.59 Å². The fourth-order valence-electron chi connectivity index (χ4n) is 5.07. The van der Waals surface area contributed by atoms with Gasteiger partial charge in [0.2, 0.25) is 5.91 Å². The standard InChI is InChI=1S/C33H35N3O2SSi/c1-32(2,3)40(4,5)30-29(34-21-22-35-30)31(38)36-27(37)23-28(36)39-33(24-15-9-6-10-16-24,25-17-11-7-12-18-25)26-19-13-8-14-20-26/h6-22,28H,23H2,1-5H3. The average Bonchev–Trinajstić information content (AvgIpc) is 2.96. The molecule has 1 atom stereocenters. The van der Waals surface area contributed by atoms with Gasteiger partial charge in [-0.3, -0.25) is 19.5 Å². The Morgan fingerprint density at radius 3 is 1.68 bits per heavy atom. The number of carbonyl (C=O) groups is 2. The van der Waals surface area contributed by atoms with Gasteiger partial charge in [0.15, 0.2) is 0 Å². The quantitative estimate of drug-likeness (QED) is 0.109. The molecule has 2 heterocycles. The van der Waals surface area contributed by atoms with Crippen LogP contribution in [0.3, 0.4) is 0 Å². The number of hydrogen-bond acceptors (Lipinski definition) is 5. The van der Waals surface area contributed by atoms with Crippen molar-refractivity contribution in [2.75, 3.05) is 0 Å². The summed E-state index contributed by atoms with van der Waals surface area (Å²) in [6, 6.07) is 31.0. The van der Waals surface area contributed by atoms with Crippen LogP contribution in [0.1, 0.15) is 54.4 Å². The van der Waals surface area contributed by atoms with Gasteiger partial charge in [-0.1, -0.05) is 125 Å². The van der Waals surface area contributed by atoms with E-state index in [2.05, 4.69) is 80.2 Å². The van der Waals surface area contributed by atoms with E-state index < -0.39 is 12.8 Å². The molecule has 0 bridgehead atoms. The zero-order chi connectivity index (χ0) is 28.5. The van der Waals surface area contributed by atoms with E-state index in [1.807, 2.05) is 54.6 Å². The molecule has 0 saturated carbocycles. The summed E-state index contributed by atoms with van der Waals surface area (Å²) in [5.74, 6) is -0.540. The third-order valence-corrected chi connectivity index (χ3v) is 15.4. The summed E-state index contributed by atoms with van der Waals surface area (Å²) in [6.45, 7) is 11.0. The number of carbonyl (C=O) groups excluding carboxylic acids is 2. The molecule has 1 saturated heterocycles. The Hall–Kier alpha value is -3.55. The summed E-state index contributed by atoms with van der Waals surface area (Å²) in [4.78, 5) is 37.9. The van der Waals surface area contributed by atoms with E-state index in [-0.39, 0.29) is 28.6 Å².